The summed E-state index contributed by atoms with van der Waals surface area (Å²) >= 11 is 0. The average Bonchev–Trinajstić information content (AvgIpc) is 2.58. The molecule has 0 aliphatic rings. The van der Waals surface area contributed by atoms with Crippen molar-refractivity contribution in [2.45, 2.75) is 84.8 Å². The Morgan fingerprint density at radius 2 is 1.43 bits per heavy atom. The quantitative estimate of drug-likeness (QED) is 0.449. The predicted molar refractivity (Wildman–Crippen MR) is 108 cm³/mol. The van der Waals surface area contributed by atoms with Crippen molar-refractivity contribution < 1.29 is 29.0 Å². The summed E-state index contributed by atoms with van der Waals surface area (Å²) < 4.78 is 9.97. The Bertz CT molecular complexity index is 574. The van der Waals surface area contributed by atoms with Crippen molar-refractivity contribution in [3.63, 3.8) is 0 Å². The molecular formula is C22H34O6. The van der Waals surface area contributed by atoms with E-state index in [1.807, 2.05) is 51.1 Å². The molecule has 0 spiro atoms. The first-order valence-corrected chi connectivity index (χ1v) is 9.71. The van der Waals surface area contributed by atoms with Gasteiger partial charge in [-0.15, -0.1) is 0 Å². The Morgan fingerprint density at radius 1 is 0.893 bits per heavy atom. The molecule has 0 amide bonds. The van der Waals surface area contributed by atoms with Crippen molar-refractivity contribution in [1.29, 1.82) is 0 Å². The summed E-state index contributed by atoms with van der Waals surface area (Å²) in [5.41, 5.74) is 0.667. The lowest BCUT2D eigenvalue weighted by molar-refractivity contribution is -0.152. The first kappa shape index (κ1) is 25.6. The third-order valence-corrected chi connectivity index (χ3v) is 3.46. The van der Waals surface area contributed by atoms with Crippen molar-refractivity contribution in [2.75, 3.05) is 0 Å². The van der Waals surface area contributed by atoms with E-state index in [-0.39, 0.29) is 24.0 Å². The molecule has 0 atom stereocenters. The summed E-state index contributed by atoms with van der Waals surface area (Å²) in [7, 11) is 0. The van der Waals surface area contributed by atoms with E-state index in [1.165, 1.54) is 6.92 Å². The summed E-state index contributed by atoms with van der Waals surface area (Å²) in [5, 5.41) is 8.48. The molecule has 0 bridgehead atoms. The zero-order valence-corrected chi connectivity index (χ0v) is 17.5. The molecular weight excluding hydrogens is 360 g/mol. The fraction of sp³-hybridized carbons (Fsp3) is 0.591. The summed E-state index contributed by atoms with van der Waals surface area (Å²) in [5.74, 6) is -1.13. The molecule has 0 saturated heterocycles. The second kappa shape index (κ2) is 14.7. The summed E-state index contributed by atoms with van der Waals surface area (Å²) in [6, 6.07) is 9.61. The monoisotopic (exact) mass is 394 g/mol. The van der Waals surface area contributed by atoms with Crippen LogP contribution in [0.2, 0.25) is 0 Å². The highest BCUT2D eigenvalue weighted by atomic mass is 16.6. The van der Waals surface area contributed by atoms with Crippen LogP contribution in [0.5, 0.6) is 0 Å². The van der Waals surface area contributed by atoms with Crippen LogP contribution >= 0.6 is 0 Å². The fourth-order valence-electron chi connectivity index (χ4n) is 2.32. The Morgan fingerprint density at radius 3 is 1.89 bits per heavy atom. The molecule has 1 aromatic carbocycles. The van der Waals surface area contributed by atoms with Gasteiger partial charge >= 0.3 is 17.9 Å². The SMILES string of the molecule is CC(=O)OC(C)(C)C.O=C(O)CCCCCCCC(=O)OCc1ccccc1. The number of hydrogen-bond acceptors (Lipinski definition) is 5. The van der Waals surface area contributed by atoms with E-state index in [1.54, 1.807) is 0 Å². The fourth-order valence-corrected chi connectivity index (χ4v) is 2.32. The zero-order chi connectivity index (χ0) is 21.4. The van der Waals surface area contributed by atoms with Crippen LogP contribution in [0.15, 0.2) is 30.3 Å². The number of carboxylic acid groups (broad SMARTS) is 1. The van der Waals surface area contributed by atoms with Gasteiger partial charge in [-0.3, -0.25) is 14.4 Å². The number of benzene rings is 1. The molecule has 0 saturated carbocycles. The Balaban J connectivity index is 0.000000769. The van der Waals surface area contributed by atoms with Gasteiger partial charge < -0.3 is 14.6 Å². The molecule has 1 aromatic rings. The Kier molecular flexibility index (Phi) is 13.4. The van der Waals surface area contributed by atoms with Gasteiger partial charge in [0.15, 0.2) is 0 Å². The highest BCUT2D eigenvalue weighted by molar-refractivity contribution is 5.69. The van der Waals surface area contributed by atoms with Crippen molar-refractivity contribution in [1.82, 2.24) is 0 Å². The molecule has 0 fully saturated rings. The molecule has 6 heteroatoms. The zero-order valence-electron chi connectivity index (χ0n) is 17.5. The first-order valence-electron chi connectivity index (χ1n) is 9.71. The molecule has 0 aromatic heterocycles. The van der Waals surface area contributed by atoms with Crippen molar-refractivity contribution >= 4 is 17.9 Å². The van der Waals surface area contributed by atoms with Crippen LogP contribution in [0.3, 0.4) is 0 Å². The normalized spacial score (nSPS) is 10.4. The largest absolute Gasteiger partial charge is 0.481 e. The lowest BCUT2D eigenvalue weighted by Gasteiger charge is -2.17. The van der Waals surface area contributed by atoms with Gasteiger partial charge in [0, 0.05) is 19.8 Å². The highest BCUT2D eigenvalue weighted by Crippen LogP contribution is 2.09. The number of hydrogen-bond donors (Lipinski definition) is 1. The van der Waals surface area contributed by atoms with Crippen molar-refractivity contribution in [3.05, 3.63) is 35.9 Å². The van der Waals surface area contributed by atoms with E-state index in [0.29, 0.717) is 19.4 Å². The third-order valence-electron chi connectivity index (χ3n) is 3.46. The smallest absolute Gasteiger partial charge is 0.306 e. The minimum atomic E-state index is -0.741. The molecule has 6 nitrogen and oxygen atoms in total. The molecule has 0 aliphatic carbocycles. The second-order valence-corrected chi connectivity index (χ2v) is 7.51. The van der Waals surface area contributed by atoms with Crippen molar-refractivity contribution in [3.8, 4) is 0 Å². The standard InChI is InChI=1S/C16H22O4.C6H12O2/c17-15(18)11-7-2-1-3-8-12-16(19)20-13-14-9-5-4-6-10-14;1-5(7)8-6(2,3)4/h4-6,9-10H,1-3,7-8,11-13H2,(H,17,18);1-4H3. The van der Waals surface area contributed by atoms with Crippen LogP contribution in [0, 0.1) is 0 Å². The van der Waals surface area contributed by atoms with Gasteiger partial charge in [-0.25, -0.2) is 0 Å². The number of rotatable bonds is 10. The lowest BCUT2D eigenvalue weighted by atomic mass is 10.1. The predicted octanol–water partition coefficient (Wildman–Crippen LogP) is 4.89. The van der Waals surface area contributed by atoms with E-state index in [4.69, 9.17) is 14.6 Å². The van der Waals surface area contributed by atoms with Gasteiger partial charge in [0.25, 0.3) is 0 Å². The van der Waals surface area contributed by atoms with E-state index >= 15 is 0 Å². The van der Waals surface area contributed by atoms with Gasteiger partial charge in [0.1, 0.15) is 12.2 Å². The molecule has 0 radical (unpaired) electrons. The summed E-state index contributed by atoms with van der Waals surface area (Å²) in [4.78, 5) is 32.0. The molecule has 1 N–H and O–H groups in total. The van der Waals surface area contributed by atoms with Gasteiger partial charge in [-0.2, -0.15) is 0 Å². The topological polar surface area (TPSA) is 89.9 Å². The van der Waals surface area contributed by atoms with Gasteiger partial charge in [0.2, 0.25) is 0 Å². The van der Waals surface area contributed by atoms with E-state index in [0.717, 1.165) is 31.2 Å². The van der Waals surface area contributed by atoms with E-state index in [9.17, 15) is 14.4 Å². The molecule has 0 heterocycles. The Labute approximate surface area is 168 Å². The molecule has 0 aliphatic heterocycles. The molecule has 1 rings (SSSR count). The van der Waals surface area contributed by atoms with Gasteiger partial charge in [-0.1, -0.05) is 49.6 Å². The van der Waals surface area contributed by atoms with Crippen LogP contribution in [-0.2, 0) is 30.5 Å². The minimum absolute atomic E-state index is 0.167. The maximum absolute atomic E-state index is 11.5. The lowest BCUT2D eigenvalue weighted by Crippen LogP contribution is -2.21. The number of esters is 2. The minimum Gasteiger partial charge on any atom is -0.481 e. The Hall–Kier alpha value is -2.37. The number of aliphatic carboxylic acids is 1. The summed E-state index contributed by atoms with van der Waals surface area (Å²) in [6.45, 7) is 7.26. The van der Waals surface area contributed by atoms with Crippen LogP contribution in [0.4, 0.5) is 0 Å². The van der Waals surface area contributed by atoms with Crippen LogP contribution < -0.4 is 0 Å². The summed E-state index contributed by atoms with van der Waals surface area (Å²) in [6.07, 6.45) is 5.02. The maximum Gasteiger partial charge on any atom is 0.306 e. The van der Waals surface area contributed by atoms with Crippen LogP contribution in [0.25, 0.3) is 0 Å². The van der Waals surface area contributed by atoms with Crippen LogP contribution in [0.1, 0.15) is 78.2 Å². The molecule has 0 unspecified atom stereocenters. The van der Waals surface area contributed by atoms with E-state index in [2.05, 4.69) is 0 Å². The third kappa shape index (κ3) is 18.4. The van der Waals surface area contributed by atoms with E-state index < -0.39 is 5.97 Å². The number of ether oxygens (including phenoxy) is 2. The number of carbonyl (C=O) groups excluding carboxylic acids is 2. The van der Waals surface area contributed by atoms with Gasteiger partial charge in [-0.05, 0) is 39.2 Å². The number of carboxylic acids is 1. The highest BCUT2D eigenvalue weighted by Gasteiger charge is 2.11. The van der Waals surface area contributed by atoms with Crippen LogP contribution in [-0.4, -0.2) is 28.6 Å². The molecule has 158 valence electrons. The maximum atomic E-state index is 11.5. The molecule has 28 heavy (non-hydrogen) atoms. The average molecular weight is 395 g/mol. The second-order valence-electron chi connectivity index (χ2n) is 7.51. The number of carbonyl (C=O) groups is 3. The first-order chi connectivity index (χ1) is 13.1. The van der Waals surface area contributed by atoms with Crippen molar-refractivity contribution in [2.24, 2.45) is 0 Å². The van der Waals surface area contributed by atoms with Gasteiger partial charge in [0.05, 0.1) is 0 Å². The number of unbranched alkanes of at least 4 members (excludes halogenated alkanes) is 4.